The molecular weight excluding hydrogens is 550 g/mol. The minimum Gasteiger partial charge on any atom is -0.378 e. The Morgan fingerprint density at radius 2 is 1.79 bits per heavy atom. The fraction of sp³-hybridized carbons (Fsp3) is 0.323. The van der Waals surface area contributed by atoms with E-state index in [4.69, 9.17) is 10.5 Å². The number of carbonyl (C=O) groups is 2. The number of aromatic nitrogens is 3. The summed E-state index contributed by atoms with van der Waals surface area (Å²) in [7, 11) is 0. The highest BCUT2D eigenvalue weighted by Gasteiger charge is 2.34. The summed E-state index contributed by atoms with van der Waals surface area (Å²) in [4.78, 5) is 45.1. The first-order chi connectivity index (χ1) is 20.1. The zero-order valence-electron chi connectivity index (χ0n) is 24.1. The van der Waals surface area contributed by atoms with Crippen molar-refractivity contribution in [1.29, 1.82) is 0 Å². The normalized spacial score (nSPS) is 15.2. The Balaban J connectivity index is 1.22. The number of anilines is 4. The number of ether oxygens (including phenoxy) is 1. The molecule has 2 amide bonds. The van der Waals surface area contributed by atoms with Crippen LogP contribution in [0.3, 0.4) is 0 Å². The first-order valence-electron chi connectivity index (χ1n) is 13.9. The number of thiophene rings is 1. The molecule has 2 aromatic carbocycles. The van der Waals surface area contributed by atoms with Crippen molar-refractivity contribution in [3.63, 3.8) is 0 Å². The second kappa shape index (κ2) is 10.8. The third-order valence-corrected chi connectivity index (χ3v) is 9.08. The summed E-state index contributed by atoms with van der Waals surface area (Å²) in [6, 6.07) is 15.1. The monoisotopic (exact) mass is 583 g/mol. The topological polar surface area (TPSA) is 127 Å². The van der Waals surface area contributed by atoms with Gasteiger partial charge >= 0.3 is 0 Å². The maximum Gasteiger partial charge on any atom is 0.269 e. The molecule has 2 aliphatic rings. The lowest BCUT2D eigenvalue weighted by molar-refractivity contribution is 0.0303. The van der Waals surface area contributed by atoms with Crippen LogP contribution in [0.1, 0.15) is 56.8 Å². The van der Waals surface area contributed by atoms with Crippen LogP contribution < -0.4 is 16.0 Å². The Morgan fingerprint density at radius 3 is 2.48 bits per heavy atom. The highest BCUT2D eigenvalue weighted by Crippen LogP contribution is 2.40. The summed E-state index contributed by atoms with van der Waals surface area (Å²) in [6.07, 6.45) is 0. The fourth-order valence-corrected chi connectivity index (χ4v) is 6.34. The van der Waals surface area contributed by atoms with E-state index in [1.165, 1.54) is 4.88 Å². The summed E-state index contributed by atoms with van der Waals surface area (Å²) in [6.45, 7) is 11.3. The van der Waals surface area contributed by atoms with Crippen molar-refractivity contribution >= 4 is 46.4 Å². The third-order valence-electron chi connectivity index (χ3n) is 7.49. The van der Waals surface area contributed by atoms with Gasteiger partial charge in [0.1, 0.15) is 0 Å². The SMILES string of the molecule is Cc1c(-c2nc(N)nc(Nc3ccc(C(=O)N4CCOCC4)cc3)n2)cccc1N1Cc2cc(C(C)(C)C)sc2C1=O. The van der Waals surface area contributed by atoms with Crippen molar-refractivity contribution in [2.45, 2.75) is 39.7 Å². The van der Waals surface area contributed by atoms with Crippen LogP contribution in [0.5, 0.6) is 0 Å². The van der Waals surface area contributed by atoms with E-state index in [9.17, 15) is 9.59 Å². The molecule has 10 nitrogen and oxygen atoms in total. The van der Waals surface area contributed by atoms with E-state index in [-0.39, 0.29) is 29.1 Å². The lowest BCUT2D eigenvalue weighted by atomic mass is 9.94. The molecule has 0 spiro atoms. The van der Waals surface area contributed by atoms with Crippen LogP contribution in [0.4, 0.5) is 23.3 Å². The number of nitrogens with zero attached hydrogens (tertiary/aromatic N) is 5. The molecule has 0 bridgehead atoms. The van der Waals surface area contributed by atoms with Crippen molar-refractivity contribution in [3.8, 4) is 11.4 Å². The number of fused-ring (bicyclic) bond motifs is 1. The molecule has 0 unspecified atom stereocenters. The van der Waals surface area contributed by atoms with Crippen LogP contribution in [0.2, 0.25) is 0 Å². The zero-order valence-corrected chi connectivity index (χ0v) is 24.9. The van der Waals surface area contributed by atoms with Crippen LogP contribution in [-0.4, -0.2) is 58.0 Å². The van der Waals surface area contributed by atoms with Gasteiger partial charge in [-0.2, -0.15) is 15.0 Å². The van der Waals surface area contributed by atoms with Gasteiger partial charge in [0.05, 0.1) is 24.6 Å². The minimum absolute atomic E-state index is 0.00266. The molecule has 2 aromatic heterocycles. The first-order valence-corrected chi connectivity index (χ1v) is 14.7. The molecule has 0 saturated carbocycles. The Bertz CT molecular complexity index is 1670. The minimum atomic E-state index is -0.0203. The molecule has 216 valence electrons. The van der Waals surface area contributed by atoms with Gasteiger partial charge in [-0.1, -0.05) is 32.9 Å². The Labute approximate surface area is 248 Å². The van der Waals surface area contributed by atoms with E-state index in [2.05, 4.69) is 47.1 Å². The molecule has 42 heavy (non-hydrogen) atoms. The van der Waals surface area contributed by atoms with Crippen molar-refractivity contribution < 1.29 is 14.3 Å². The number of hydrogen-bond acceptors (Lipinski definition) is 9. The Morgan fingerprint density at radius 1 is 1.05 bits per heavy atom. The number of hydrogen-bond donors (Lipinski definition) is 2. The van der Waals surface area contributed by atoms with E-state index in [0.29, 0.717) is 49.9 Å². The molecule has 1 saturated heterocycles. The quantitative estimate of drug-likeness (QED) is 0.330. The van der Waals surface area contributed by atoms with E-state index >= 15 is 0 Å². The van der Waals surface area contributed by atoms with Gasteiger partial charge < -0.3 is 25.6 Å². The van der Waals surface area contributed by atoms with E-state index in [1.54, 1.807) is 28.4 Å². The van der Waals surface area contributed by atoms with Crippen molar-refractivity contribution in [3.05, 3.63) is 75.0 Å². The van der Waals surface area contributed by atoms with Gasteiger partial charge in [0.2, 0.25) is 11.9 Å². The maximum absolute atomic E-state index is 13.4. The highest BCUT2D eigenvalue weighted by molar-refractivity contribution is 7.14. The Kier molecular flexibility index (Phi) is 7.15. The molecule has 0 radical (unpaired) electrons. The van der Waals surface area contributed by atoms with Crippen molar-refractivity contribution in [1.82, 2.24) is 19.9 Å². The molecular formula is C31H33N7O3S. The molecule has 3 N–H and O–H groups in total. The molecule has 1 fully saturated rings. The number of rotatable bonds is 5. The van der Waals surface area contributed by atoms with Gasteiger partial charge in [0, 0.05) is 40.5 Å². The predicted octanol–water partition coefficient (Wildman–Crippen LogP) is 5.16. The predicted molar refractivity (Wildman–Crippen MR) is 164 cm³/mol. The highest BCUT2D eigenvalue weighted by atomic mass is 32.1. The van der Waals surface area contributed by atoms with Gasteiger partial charge in [0.15, 0.2) is 5.82 Å². The van der Waals surface area contributed by atoms with Crippen molar-refractivity contribution in [2.75, 3.05) is 42.3 Å². The number of nitrogens with one attached hydrogen (secondary N) is 1. The number of morpholine rings is 1. The van der Waals surface area contributed by atoms with Crippen LogP contribution in [-0.2, 0) is 16.7 Å². The number of amides is 2. The van der Waals surface area contributed by atoms with Crippen LogP contribution in [0.15, 0.2) is 48.5 Å². The lowest BCUT2D eigenvalue weighted by Gasteiger charge is -2.26. The van der Waals surface area contributed by atoms with E-state index < -0.39 is 0 Å². The number of nitrogens with two attached hydrogens (primary N) is 1. The molecule has 0 aliphatic carbocycles. The maximum atomic E-state index is 13.4. The Hall–Kier alpha value is -4.35. The second-order valence-corrected chi connectivity index (χ2v) is 12.6. The van der Waals surface area contributed by atoms with Crippen LogP contribution in [0.25, 0.3) is 11.4 Å². The van der Waals surface area contributed by atoms with Gasteiger partial charge in [-0.3, -0.25) is 9.59 Å². The van der Waals surface area contributed by atoms with Crippen molar-refractivity contribution in [2.24, 2.45) is 0 Å². The largest absolute Gasteiger partial charge is 0.378 e. The van der Waals surface area contributed by atoms with Gasteiger partial charge in [0.25, 0.3) is 11.8 Å². The zero-order chi connectivity index (χ0) is 29.6. The molecule has 2 aliphatic heterocycles. The summed E-state index contributed by atoms with van der Waals surface area (Å²) < 4.78 is 5.34. The first kappa shape index (κ1) is 27.8. The smallest absolute Gasteiger partial charge is 0.269 e. The number of nitrogen functional groups attached to an aromatic ring is 1. The average molecular weight is 584 g/mol. The van der Waals surface area contributed by atoms with Gasteiger partial charge in [-0.05, 0) is 59.9 Å². The van der Waals surface area contributed by atoms with Crippen LogP contribution in [0, 0.1) is 6.92 Å². The second-order valence-electron chi connectivity index (χ2n) is 11.5. The van der Waals surface area contributed by atoms with E-state index in [1.807, 2.05) is 42.2 Å². The summed E-state index contributed by atoms with van der Waals surface area (Å²) in [5.41, 5.74) is 10.9. The summed E-state index contributed by atoms with van der Waals surface area (Å²) in [5.74, 6) is 0.746. The number of carbonyl (C=O) groups excluding carboxylic acids is 2. The lowest BCUT2D eigenvalue weighted by Crippen LogP contribution is -2.40. The molecule has 0 atom stereocenters. The third kappa shape index (κ3) is 5.33. The van der Waals surface area contributed by atoms with Gasteiger partial charge in [-0.15, -0.1) is 11.3 Å². The molecule has 11 heteroatoms. The summed E-state index contributed by atoms with van der Waals surface area (Å²) in [5, 5.41) is 3.17. The summed E-state index contributed by atoms with van der Waals surface area (Å²) >= 11 is 1.58. The molecule has 6 rings (SSSR count). The number of benzene rings is 2. The average Bonchev–Trinajstić information content (AvgIpc) is 3.53. The van der Waals surface area contributed by atoms with E-state index in [0.717, 1.165) is 27.3 Å². The van der Waals surface area contributed by atoms with Gasteiger partial charge in [-0.25, -0.2) is 0 Å². The fourth-order valence-electron chi connectivity index (χ4n) is 5.16. The molecule has 4 heterocycles. The van der Waals surface area contributed by atoms with Crippen LogP contribution >= 0.6 is 11.3 Å². The standard InChI is InChI=1S/C31H33N7O3S/c1-18-22(6-5-7-23(18)38-17-20-16-24(31(2,3)4)42-25(20)28(38)40)26-34-29(32)36-30(35-26)33-21-10-8-19(9-11-21)27(39)37-12-14-41-15-13-37/h5-11,16H,12-15,17H2,1-4H3,(H3,32,33,34,35,36). The molecule has 4 aromatic rings.